The second-order valence-electron chi connectivity index (χ2n) is 4.91. The van der Waals surface area contributed by atoms with Crippen LogP contribution in [0, 0.1) is 0 Å². The van der Waals surface area contributed by atoms with Gasteiger partial charge in [0.2, 0.25) is 0 Å². The Hall–Kier alpha value is -1.13. The van der Waals surface area contributed by atoms with Crippen LogP contribution < -0.4 is 16.0 Å². The Morgan fingerprint density at radius 2 is 2.13 bits per heavy atom. The molecule has 1 heterocycles. The number of aliphatic imine (C=N–C) groups is 1. The predicted octanol–water partition coefficient (Wildman–Crippen LogP) is 2.53. The highest BCUT2D eigenvalue weighted by Crippen LogP contribution is 2.24. The molecule has 1 aromatic heterocycles. The first-order valence-corrected chi connectivity index (χ1v) is 8.10. The average molecular weight is 449 g/mol. The Morgan fingerprint density at radius 1 is 1.35 bits per heavy atom. The van der Waals surface area contributed by atoms with Crippen molar-refractivity contribution in [3.63, 3.8) is 0 Å². The molecule has 0 amide bonds. The summed E-state index contributed by atoms with van der Waals surface area (Å²) >= 11 is 1.67. The monoisotopic (exact) mass is 449 g/mol. The molecular formula is C15H24IN5OS. The Morgan fingerprint density at radius 3 is 2.83 bits per heavy atom. The molecule has 0 aliphatic rings. The number of aromatic nitrogens is 1. The van der Waals surface area contributed by atoms with Crippen molar-refractivity contribution in [1.82, 2.24) is 15.6 Å². The summed E-state index contributed by atoms with van der Waals surface area (Å²) in [5.74, 6) is 0.774. The summed E-state index contributed by atoms with van der Waals surface area (Å²) in [7, 11) is 3.45. The largest absolute Gasteiger partial charge is 0.383 e. The van der Waals surface area contributed by atoms with E-state index in [0.29, 0.717) is 6.61 Å². The minimum Gasteiger partial charge on any atom is -0.383 e. The van der Waals surface area contributed by atoms with Gasteiger partial charge in [0.25, 0.3) is 0 Å². The van der Waals surface area contributed by atoms with Crippen LogP contribution in [0.3, 0.4) is 0 Å². The molecule has 0 radical (unpaired) electrons. The highest BCUT2D eigenvalue weighted by molar-refractivity contribution is 14.0. The molecule has 0 spiro atoms. The number of benzene rings is 1. The van der Waals surface area contributed by atoms with E-state index in [9.17, 15) is 0 Å². The molecule has 1 unspecified atom stereocenters. The number of halogens is 1. The van der Waals surface area contributed by atoms with Crippen molar-refractivity contribution in [3.05, 3.63) is 24.3 Å². The molecule has 3 N–H and O–H groups in total. The van der Waals surface area contributed by atoms with Gasteiger partial charge < -0.3 is 20.7 Å². The average Bonchev–Trinajstić information content (AvgIpc) is 2.93. The Bertz CT molecular complexity index is 586. The van der Waals surface area contributed by atoms with Gasteiger partial charge in [-0.2, -0.15) is 0 Å². The normalized spacial score (nSPS) is 12.6. The summed E-state index contributed by atoms with van der Waals surface area (Å²) in [5.41, 5.74) is 1.04. The van der Waals surface area contributed by atoms with E-state index >= 15 is 0 Å². The van der Waals surface area contributed by atoms with Crippen LogP contribution in [0.4, 0.5) is 5.13 Å². The van der Waals surface area contributed by atoms with E-state index in [1.165, 1.54) is 4.70 Å². The van der Waals surface area contributed by atoms with Gasteiger partial charge in [-0.15, -0.1) is 24.0 Å². The standard InChI is InChI=1S/C15H23N5OS.HI/c1-11(10-21-3)19-14(16-2)17-8-9-18-15-20-12-6-4-5-7-13(12)22-15;/h4-7,11H,8-10H2,1-3H3,(H,18,20)(H2,16,17,19);1H. The number of hydrogen-bond donors (Lipinski definition) is 3. The van der Waals surface area contributed by atoms with Crippen LogP contribution in [-0.2, 0) is 4.74 Å². The maximum absolute atomic E-state index is 5.10. The number of hydrogen-bond acceptors (Lipinski definition) is 5. The van der Waals surface area contributed by atoms with Gasteiger partial charge in [0.15, 0.2) is 11.1 Å². The van der Waals surface area contributed by atoms with Crippen molar-refractivity contribution in [3.8, 4) is 0 Å². The molecule has 2 aromatic rings. The minimum absolute atomic E-state index is 0. The second kappa shape index (κ2) is 10.6. The maximum Gasteiger partial charge on any atom is 0.191 e. The quantitative estimate of drug-likeness (QED) is 0.262. The zero-order valence-corrected chi connectivity index (χ0v) is 16.8. The summed E-state index contributed by atoms with van der Waals surface area (Å²) in [6.45, 7) is 4.23. The Balaban J connectivity index is 0.00000264. The third-order valence-electron chi connectivity index (χ3n) is 3.01. The van der Waals surface area contributed by atoms with Gasteiger partial charge in [-0.3, -0.25) is 4.99 Å². The van der Waals surface area contributed by atoms with Crippen LogP contribution >= 0.6 is 35.3 Å². The molecule has 1 atom stereocenters. The number of ether oxygens (including phenoxy) is 1. The molecule has 0 saturated carbocycles. The molecule has 0 aliphatic carbocycles. The molecule has 0 aliphatic heterocycles. The molecule has 23 heavy (non-hydrogen) atoms. The summed E-state index contributed by atoms with van der Waals surface area (Å²) in [6.07, 6.45) is 0. The van der Waals surface area contributed by atoms with Crippen LogP contribution in [0.2, 0.25) is 0 Å². The SMILES string of the molecule is CN=C(NCCNc1nc2ccccc2s1)NC(C)COC.I. The molecular weight excluding hydrogens is 425 g/mol. The number of nitrogens with zero attached hydrogens (tertiary/aromatic N) is 2. The van der Waals surface area contributed by atoms with Crippen molar-refractivity contribution in [2.24, 2.45) is 4.99 Å². The molecule has 0 saturated heterocycles. The summed E-state index contributed by atoms with van der Waals surface area (Å²) in [6, 6.07) is 8.36. The van der Waals surface area contributed by atoms with Crippen molar-refractivity contribution in [1.29, 1.82) is 0 Å². The molecule has 2 rings (SSSR count). The van der Waals surface area contributed by atoms with Gasteiger partial charge in [-0.25, -0.2) is 4.98 Å². The van der Waals surface area contributed by atoms with Crippen LogP contribution in [0.1, 0.15) is 6.92 Å². The maximum atomic E-state index is 5.10. The zero-order valence-electron chi connectivity index (χ0n) is 13.6. The molecule has 1 aromatic carbocycles. The smallest absolute Gasteiger partial charge is 0.191 e. The Kier molecular flexibility index (Phi) is 9.19. The number of guanidine groups is 1. The number of thiazole rings is 1. The molecule has 128 valence electrons. The summed E-state index contributed by atoms with van der Waals surface area (Å²) in [5, 5.41) is 10.8. The fourth-order valence-electron chi connectivity index (χ4n) is 2.02. The molecule has 8 heteroatoms. The predicted molar refractivity (Wildman–Crippen MR) is 109 cm³/mol. The van der Waals surface area contributed by atoms with E-state index in [0.717, 1.165) is 29.7 Å². The van der Waals surface area contributed by atoms with Gasteiger partial charge in [-0.1, -0.05) is 23.5 Å². The lowest BCUT2D eigenvalue weighted by Crippen LogP contribution is -2.45. The van der Waals surface area contributed by atoms with Gasteiger partial charge in [-0.05, 0) is 19.1 Å². The van der Waals surface area contributed by atoms with Crippen molar-refractivity contribution < 1.29 is 4.74 Å². The molecule has 0 bridgehead atoms. The number of para-hydroxylation sites is 1. The van der Waals surface area contributed by atoms with Gasteiger partial charge in [0, 0.05) is 33.3 Å². The third-order valence-corrected chi connectivity index (χ3v) is 4.01. The Labute approximate surface area is 158 Å². The van der Waals surface area contributed by atoms with E-state index in [1.807, 2.05) is 18.2 Å². The second-order valence-corrected chi connectivity index (χ2v) is 5.94. The third kappa shape index (κ3) is 6.48. The van der Waals surface area contributed by atoms with Crippen LogP contribution in [0.25, 0.3) is 10.2 Å². The van der Waals surface area contributed by atoms with Crippen molar-refractivity contribution >= 4 is 56.6 Å². The fraction of sp³-hybridized carbons (Fsp3) is 0.467. The lowest BCUT2D eigenvalue weighted by Gasteiger charge is -2.17. The molecule has 6 nitrogen and oxygen atoms in total. The highest BCUT2D eigenvalue weighted by Gasteiger charge is 2.05. The summed E-state index contributed by atoms with van der Waals surface area (Å²) in [4.78, 5) is 8.73. The van der Waals surface area contributed by atoms with Crippen LogP contribution in [0.15, 0.2) is 29.3 Å². The van der Waals surface area contributed by atoms with Gasteiger partial charge in [0.1, 0.15) is 0 Å². The van der Waals surface area contributed by atoms with E-state index in [2.05, 4.69) is 38.9 Å². The van der Waals surface area contributed by atoms with E-state index < -0.39 is 0 Å². The fourth-order valence-corrected chi connectivity index (χ4v) is 2.91. The number of anilines is 1. The van der Waals surface area contributed by atoms with Crippen LogP contribution in [0.5, 0.6) is 0 Å². The van der Waals surface area contributed by atoms with E-state index in [-0.39, 0.29) is 30.0 Å². The number of nitrogens with one attached hydrogen (secondary N) is 3. The zero-order chi connectivity index (χ0) is 15.8. The van der Waals surface area contributed by atoms with Crippen molar-refractivity contribution in [2.75, 3.05) is 39.2 Å². The van der Waals surface area contributed by atoms with Gasteiger partial charge in [0.05, 0.1) is 16.8 Å². The van der Waals surface area contributed by atoms with Crippen LogP contribution in [-0.4, -0.2) is 50.8 Å². The van der Waals surface area contributed by atoms with Gasteiger partial charge >= 0.3 is 0 Å². The van der Waals surface area contributed by atoms with E-state index in [1.54, 1.807) is 25.5 Å². The summed E-state index contributed by atoms with van der Waals surface area (Å²) < 4.78 is 6.29. The topological polar surface area (TPSA) is 70.6 Å². The lowest BCUT2D eigenvalue weighted by molar-refractivity contribution is 0.179. The number of rotatable bonds is 7. The molecule has 0 fully saturated rings. The van der Waals surface area contributed by atoms with E-state index in [4.69, 9.17) is 4.74 Å². The lowest BCUT2D eigenvalue weighted by atomic mass is 10.3. The first-order valence-electron chi connectivity index (χ1n) is 7.28. The number of fused-ring (bicyclic) bond motifs is 1. The highest BCUT2D eigenvalue weighted by atomic mass is 127. The first-order chi connectivity index (χ1) is 10.7. The minimum atomic E-state index is 0. The van der Waals surface area contributed by atoms with Crippen molar-refractivity contribution in [2.45, 2.75) is 13.0 Å². The first kappa shape index (κ1) is 19.9. The number of methoxy groups -OCH3 is 1.